The van der Waals surface area contributed by atoms with Crippen molar-refractivity contribution in [2.75, 3.05) is 24.5 Å². The molecule has 1 amide bonds. The number of hydrogen-bond acceptors (Lipinski definition) is 8. The van der Waals surface area contributed by atoms with Crippen LogP contribution in [0.5, 0.6) is 0 Å². The summed E-state index contributed by atoms with van der Waals surface area (Å²) in [4.78, 5) is 32.6. The van der Waals surface area contributed by atoms with Gasteiger partial charge in [-0.1, -0.05) is 49.4 Å². The van der Waals surface area contributed by atoms with Crippen LogP contribution in [0.2, 0.25) is 0 Å². The Hall–Kier alpha value is -3.49. The zero-order valence-electron chi connectivity index (χ0n) is 25.9. The highest BCUT2D eigenvalue weighted by Crippen LogP contribution is 2.33. The second kappa shape index (κ2) is 13.1. The van der Waals surface area contributed by atoms with E-state index in [1.54, 1.807) is 32.6 Å². The van der Waals surface area contributed by atoms with Gasteiger partial charge >= 0.3 is 12.1 Å². The van der Waals surface area contributed by atoms with Crippen LogP contribution in [-0.2, 0) is 32.3 Å². The molecule has 1 N–H and O–H groups in total. The van der Waals surface area contributed by atoms with Gasteiger partial charge in [-0.2, -0.15) is 17.5 Å². The zero-order chi connectivity index (χ0) is 33.3. The van der Waals surface area contributed by atoms with E-state index in [-0.39, 0.29) is 31.1 Å². The fraction of sp³-hybridized carbons (Fsp3) is 0.452. The Morgan fingerprint density at radius 1 is 1.04 bits per heavy atom. The van der Waals surface area contributed by atoms with Gasteiger partial charge in [0.25, 0.3) is 0 Å². The lowest BCUT2D eigenvalue weighted by molar-refractivity contribution is -0.137. The van der Waals surface area contributed by atoms with Crippen molar-refractivity contribution in [2.45, 2.75) is 76.7 Å². The van der Waals surface area contributed by atoms with Crippen molar-refractivity contribution in [3.8, 4) is 0 Å². The summed E-state index contributed by atoms with van der Waals surface area (Å²) in [5, 5.41) is 3.24. The largest absolute Gasteiger partial charge is 0.456 e. The molecule has 0 spiro atoms. The van der Waals surface area contributed by atoms with Gasteiger partial charge in [0.2, 0.25) is 15.9 Å². The minimum absolute atomic E-state index is 0.0985. The number of hydrogen-bond donors (Lipinski definition) is 1. The summed E-state index contributed by atoms with van der Waals surface area (Å²) in [5.41, 5.74) is 0.685. The predicted molar refractivity (Wildman–Crippen MR) is 166 cm³/mol. The van der Waals surface area contributed by atoms with Gasteiger partial charge in [0.05, 0.1) is 16.2 Å². The third-order valence-electron chi connectivity index (χ3n) is 7.18. The van der Waals surface area contributed by atoms with Crippen LogP contribution in [0.4, 0.5) is 18.3 Å². The number of rotatable bonds is 8. The quantitative estimate of drug-likeness (QED) is 0.305. The standard InChI is InChI=1S/C31H37F3N4O5S2/c1-19(2)22-9-7-21(8-10-22)17-35-27(39)25-18-37(29-36-20(3)26(44-29)28(40)43-30(4,5)6)15-16-38(25)45(41,42)24-13-11-23(12-14-24)31(32,33)34/h7-14,19,25H,15-18H2,1-6H3,(H,35,39). The smallest absolute Gasteiger partial charge is 0.416 e. The van der Waals surface area contributed by atoms with Gasteiger partial charge in [0.1, 0.15) is 16.5 Å². The Morgan fingerprint density at radius 3 is 2.22 bits per heavy atom. The van der Waals surface area contributed by atoms with Gasteiger partial charge in [-0.3, -0.25) is 4.79 Å². The number of carbonyl (C=O) groups excluding carboxylic acids is 2. The summed E-state index contributed by atoms with van der Waals surface area (Å²) in [5.74, 6) is -0.787. The van der Waals surface area contributed by atoms with Crippen LogP contribution in [0, 0.1) is 6.92 Å². The summed E-state index contributed by atoms with van der Waals surface area (Å²) >= 11 is 1.09. The topological polar surface area (TPSA) is 109 Å². The number of esters is 1. The van der Waals surface area contributed by atoms with E-state index in [1.807, 2.05) is 24.3 Å². The third kappa shape index (κ3) is 8.22. The molecular formula is C31H37F3N4O5S2. The molecule has 14 heteroatoms. The van der Waals surface area contributed by atoms with E-state index in [2.05, 4.69) is 24.1 Å². The average Bonchev–Trinajstić information content (AvgIpc) is 3.36. The molecule has 9 nitrogen and oxygen atoms in total. The Bertz CT molecular complexity index is 1630. The molecule has 1 aliphatic rings. The van der Waals surface area contributed by atoms with Crippen LogP contribution in [0.25, 0.3) is 0 Å². The molecule has 1 aromatic heterocycles. The highest BCUT2D eigenvalue weighted by Gasteiger charge is 2.41. The van der Waals surface area contributed by atoms with Crippen molar-refractivity contribution < 1.29 is 35.9 Å². The highest BCUT2D eigenvalue weighted by molar-refractivity contribution is 7.89. The molecule has 45 heavy (non-hydrogen) atoms. The molecule has 2 aromatic carbocycles. The molecule has 1 unspecified atom stereocenters. The lowest BCUT2D eigenvalue weighted by Crippen LogP contribution is -2.60. The molecule has 1 saturated heterocycles. The van der Waals surface area contributed by atoms with Gasteiger partial charge < -0.3 is 15.0 Å². The van der Waals surface area contributed by atoms with Crippen LogP contribution >= 0.6 is 11.3 Å². The SMILES string of the molecule is Cc1nc(N2CCN(S(=O)(=O)c3ccc(C(F)(F)F)cc3)C(C(=O)NCc3ccc(C(C)C)cc3)C2)sc1C(=O)OC(C)(C)C. The molecule has 4 rings (SSSR count). The van der Waals surface area contributed by atoms with E-state index in [9.17, 15) is 31.2 Å². The average molecular weight is 667 g/mol. The Balaban J connectivity index is 1.61. The molecule has 244 valence electrons. The minimum atomic E-state index is -4.63. The fourth-order valence-corrected chi connectivity index (χ4v) is 7.30. The molecule has 0 saturated carbocycles. The number of alkyl halides is 3. The fourth-order valence-electron chi connectivity index (χ4n) is 4.75. The maximum Gasteiger partial charge on any atom is 0.416 e. The number of amides is 1. The Kier molecular flexibility index (Phi) is 10.0. The van der Waals surface area contributed by atoms with Crippen LogP contribution in [0.3, 0.4) is 0 Å². The number of aryl methyl sites for hydroxylation is 1. The molecule has 1 atom stereocenters. The summed E-state index contributed by atoms with van der Waals surface area (Å²) in [6.45, 7) is 11.1. The van der Waals surface area contributed by atoms with Gasteiger partial charge in [-0.15, -0.1) is 0 Å². The van der Waals surface area contributed by atoms with E-state index in [4.69, 9.17) is 4.74 Å². The van der Waals surface area contributed by atoms with E-state index in [0.717, 1.165) is 38.9 Å². The molecular weight excluding hydrogens is 629 g/mol. The van der Waals surface area contributed by atoms with Crippen molar-refractivity contribution in [1.82, 2.24) is 14.6 Å². The van der Waals surface area contributed by atoms with Gasteiger partial charge in [-0.05, 0) is 69.0 Å². The molecule has 3 aromatic rings. The molecule has 0 aliphatic carbocycles. The summed E-state index contributed by atoms with van der Waals surface area (Å²) in [7, 11) is -4.37. The Morgan fingerprint density at radius 2 is 1.67 bits per heavy atom. The number of piperazine rings is 1. The van der Waals surface area contributed by atoms with Crippen molar-refractivity contribution >= 4 is 38.4 Å². The second-order valence-corrected chi connectivity index (χ2v) is 15.0. The van der Waals surface area contributed by atoms with Gasteiger partial charge in [0.15, 0.2) is 5.13 Å². The van der Waals surface area contributed by atoms with E-state index < -0.39 is 45.3 Å². The van der Waals surface area contributed by atoms with Crippen LogP contribution < -0.4 is 10.2 Å². The number of ether oxygens (including phenoxy) is 1. The maximum atomic E-state index is 13.7. The molecule has 0 radical (unpaired) electrons. The van der Waals surface area contributed by atoms with Crippen LogP contribution in [0.15, 0.2) is 53.4 Å². The molecule has 0 bridgehead atoms. The predicted octanol–water partition coefficient (Wildman–Crippen LogP) is 5.74. The van der Waals surface area contributed by atoms with Crippen molar-refractivity contribution in [3.63, 3.8) is 0 Å². The number of thiazole rings is 1. The molecule has 1 fully saturated rings. The first-order valence-corrected chi connectivity index (χ1v) is 16.6. The normalized spacial score (nSPS) is 16.6. The Labute approximate surface area is 265 Å². The second-order valence-electron chi connectivity index (χ2n) is 12.1. The highest BCUT2D eigenvalue weighted by atomic mass is 32.2. The number of sulfonamides is 1. The first-order valence-electron chi connectivity index (χ1n) is 14.4. The first kappa shape index (κ1) is 34.4. The van der Waals surface area contributed by atoms with E-state index in [0.29, 0.717) is 33.8 Å². The van der Waals surface area contributed by atoms with Crippen molar-refractivity contribution in [1.29, 1.82) is 0 Å². The number of carbonyl (C=O) groups is 2. The lowest BCUT2D eigenvalue weighted by atomic mass is 10.0. The summed E-state index contributed by atoms with van der Waals surface area (Å²) in [6, 6.07) is 9.65. The number of aromatic nitrogens is 1. The number of nitrogens with one attached hydrogen (secondary N) is 1. The molecule has 1 aliphatic heterocycles. The minimum Gasteiger partial charge on any atom is -0.456 e. The number of anilines is 1. The van der Waals surface area contributed by atoms with Crippen molar-refractivity contribution in [3.05, 3.63) is 75.8 Å². The first-order chi connectivity index (χ1) is 20.9. The third-order valence-corrected chi connectivity index (χ3v) is 10.3. The van der Waals surface area contributed by atoms with Crippen LogP contribution in [-0.4, -0.2) is 60.9 Å². The van der Waals surface area contributed by atoms with E-state index >= 15 is 0 Å². The van der Waals surface area contributed by atoms with Gasteiger partial charge in [0, 0.05) is 26.2 Å². The summed E-state index contributed by atoms with van der Waals surface area (Å²) in [6.07, 6.45) is -4.63. The van der Waals surface area contributed by atoms with Gasteiger partial charge in [-0.25, -0.2) is 18.2 Å². The summed E-state index contributed by atoms with van der Waals surface area (Å²) < 4.78 is 73.4. The lowest BCUT2D eigenvalue weighted by Gasteiger charge is -2.39. The number of halogens is 3. The monoisotopic (exact) mass is 666 g/mol. The number of nitrogens with zero attached hydrogens (tertiary/aromatic N) is 3. The zero-order valence-corrected chi connectivity index (χ0v) is 27.6. The number of benzene rings is 2. The van der Waals surface area contributed by atoms with Crippen LogP contribution in [0.1, 0.15) is 72.6 Å². The van der Waals surface area contributed by atoms with Crippen molar-refractivity contribution in [2.24, 2.45) is 0 Å². The molecule has 2 heterocycles. The van der Waals surface area contributed by atoms with E-state index in [1.165, 1.54) is 0 Å². The maximum absolute atomic E-state index is 13.7.